The second-order valence-corrected chi connectivity index (χ2v) is 7.05. The van der Waals surface area contributed by atoms with Crippen molar-refractivity contribution in [2.75, 3.05) is 0 Å². The minimum Gasteiger partial charge on any atom is -0.478 e. The van der Waals surface area contributed by atoms with E-state index in [0.717, 1.165) is 28.7 Å². The second kappa shape index (κ2) is 6.24. The molecule has 0 aromatic carbocycles. The monoisotopic (exact) mass is 328 g/mol. The first-order valence-electron chi connectivity index (χ1n) is 5.91. The molecule has 21 heavy (non-hydrogen) atoms. The van der Waals surface area contributed by atoms with Gasteiger partial charge in [0.1, 0.15) is 5.82 Å². The largest absolute Gasteiger partial charge is 0.478 e. The van der Waals surface area contributed by atoms with Crippen LogP contribution in [0.25, 0.3) is 0 Å². The zero-order valence-electron chi connectivity index (χ0n) is 11.0. The summed E-state index contributed by atoms with van der Waals surface area (Å²) in [5, 5.41) is 9.45. The summed E-state index contributed by atoms with van der Waals surface area (Å²) in [5.74, 6) is -0.956. The van der Waals surface area contributed by atoms with Crippen molar-refractivity contribution in [3.8, 4) is 0 Å². The molecule has 0 fully saturated rings. The third-order valence-electron chi connectivity index (χ3n) is 2.47. The van der Waals surface area contributed by atoms with E-state index in [1.807, 2.05) is 6.92 Å². The number of hydrogen-bond acceptors (Lipinski definition) is 7. The van der Waals surface area contributed by atoms with E-state index < -0.39 is 16.0 Å². The third kappa shape index (κ3) is 3.80. The lowest BCUT2D eigenvalue weighted by atomic mass is 10.3. The van der Waals surface area contributed by atoms with Crippen molar-refractivity contribution >= 4 is 27.3 Å². The maximum absolute atomic E-state index is 12.0. The molecule has 0 saturated carbocycles. The fraction of sp³-hybridized carbons (Fsp3) is 0.273. The molecule has 0 saturated heterocycles. The van der Waals surface area contributed by atoms with Gasteiger partial charge in [0.25, 0.3) is 10.0 Å². The number of carboxylic acid groups (broad SMARTS) is 1. The van der Waals surface area contributed by atoms with Gasteiger partial charge in [0.05, 0.1) is 23.3 Å². The van der Waals surface area contributed by atoms with Crippen molar-refractivity contribution in [1.29, 1.82) is 0 Å². The van der Waals surface area contributed by atoms with Crippen molar-refractivity contribution in [2.45, 2.75) is 24.1 Å². The predicted octanol–water partition coefficient (Wildman–Crippen LogP) is 0.672. The van der Waals surface area contributed by atoms with Crippen LogP contribution in [-0.4, -0.2) is 34.4 Å². The average molecular weight is 328 g/mol. The van der Waals surface area contributed by atoms with Gasteiger partial charge in [-0.05, 0) is 6.42 Å². The number of rotatable bonds is 6. The van der Waals surface area contributed by atoms with Gasteiger partial charge in [-0.2, -0.15) is 0 Å². The summed E-state index contributed by atoms with van der Waals surface area (Å²) in [4.78, 5) is 22.2. The molecule has 0 amide bonds. The molecule has 2 rings (SSSR count). The lowest BCUT2D eigenvalue weighted by Crippen LogP contribution is -2.23. The van der Waals surface area contributed by atoms with Gasteiger partial charge in [-0.15, -0.1) is 11.3 Å². The first-order valence-corrected chi connectivity index (χ1v) is 8.21. The van der Waals surface area contributed by atoms with Crippen LogP contribution in [0.3, 0.4) is 0 Å². The molecule has 2 N–H and O–H groups in total. The van der Waals surface area contributed by atoms with Crippen LogP contribution in [-0.2, 0) is 23.0 Å². The Morgan fingerprint density at radius 3 is 2.48 bits per heavy atom. The Hall–Kier alpha value is -1.91. The Bertz CT molecular complexity index is 740. The Morgan fingerprint density at radius 2 is 1.95 bits per heavy atom. The lowest BCUT2D eigenvalue weighted by molar-refractivity contribution is 0.0696. The van der Waals surface area contributed by atoms with E-state index in [1.54, 1.807) is 0 Å². The van der Waals surface area contributed by atoms with Gasteiger partial charge in [-0.3, -0.25) is 0 Å². The van der Waals surface area contributed by atoms with E-state index in [1.165, 1.54) is 6.20 Å². The molecule has 2 heterocycles. The quantitative estimate of drug-likeness (QED) is 0.799. The standard InChI is InChI=1S/C11H12N4O4S2/c1-2-9-14-6-10(20-9)21(18,19)15-5-8-12-3-7(4-13-8)11(16)17/h3-4,6,15H,2,5H2,1H3,(H,16,17). The molecule has 2 aromatic heterocycles. The van der Waals surface area contributed by atoms with Gasteiger partial charge < -0.3 is 5.11 Å². The van der Waals surface area contributed by atoms with Crippen molar-refractivity contribution in [3.05, 3.63) is 35.0 Å². The summed E-state index contributed by atoms with van der Waals surface area (Å²) < 4.78 is 26.5. The Labute approximate surface area is 125 Å². The lowest BCUT2D eigenvalue weighted by Gasteiger charge is -2.03. The van der Waals surface area contributed by atoms with Gasteiger partial charge in [0, 0.05) is 12.4 Å². The molecule has 0 atom stereocenters. The van der Waals surface area contributed by atoms with E-state index in [4.69, 9.17) is 5.11 Å². The van der Waals surface area contributed by atoms with Gasteiger partial charge in [0.2, 0.25) is 0 Å². The molecule has 10 heteroatoms. The summed E-state index contributed by atoms with van der Waals surface area (Å²) in [7, 11) is -3.66. The smallest absolute Gasteiger partial charge is 0.338 e. The molecule has 0 unspecified atom stereocenters. The number of carbonyl (C=O) groups is 1. The van der Waals surface area contributed by atoms with E-state index in [-0.39, 0.29) is 22.1 Å². The Balaban J connectivity index is 2.06. The third-order valence-corrected chi connectivity index (χ3v) is 5.48. The van der Waals surface area contributed by atoms with Gasteiger partial charge in [0.15, 0.2) is 4.21 Å². The van der Waals surface area contributed by atoms with Crippen LogP contribution >= 0.6 is 11.3 Å². The maximum atomic E-state index is 12.0. The van der Waals surface area contributed by atoms with Gasteiger partial charge in [-0.1, -0.05) is 6.92 Å². The molecule has 2 aromatic rings. The number of nitrogens with zero attached hydrogens (tertiary/aromatic N) is 3. The molecule has 0 aliphatic heterocycles. The molecule has 0 bridgehead atoms. The minimum absolute atomic E-state index is 0.0587. The van der Waals surface area contributed by atoms with Crippen molar-refractivity contribution < 1.29 is 18.3 Å². The van der Waals surface area contributed by atoms with Crippen LogP contribution in [0.1, 0.15) is 28.1 Å². The minimum atomic E-state index is -3.66. The summed E-state index contributed by atoms with van der Waals surface area (Å²) in [6, 6.07) is 0. The van der Waals surface area contributed by atoms with Crippen LogP contribution in [0.5, 0.6) is 0 Å². The number of sulfonamides is 1. The summed E-state index contributed by atoms with van der Waals surface area (Å²) in [5.41, 5.74) is -0.0587. The topological polar surface area (TPSA) is 122 Å². The first-order chi connectivity index (χ1) is 9.92. The van der Waals surface area contributed by atoms with Crippen LogP contribution in [0.15, 0.2) is 22.8 Å². The number of hydrogen-bond donors (Lipinski definition) is 2. The second-order valence-electron chi connectivity index (χ2n) is 3.94. The van der Waals surface area contributed by atoms with Crippen molar-refractivity contribution in [2.24, 2.45) is 0 Å². The van der Waals surface area contributed by atoms with E-state index >= 15 is 0 Å². The van der Waals surface area contributed by atoms with E-state index in [0.29, 0.717) is 6.42 Å². The molecular formula is C11H12N4O4S2. The number of aromatic carboxylic acids is 1. The number of nitrogens with one attached hydrogen (secondary N) is 1. The molecule has 8 nitrogen and oxygen atoms in total. The fourth-order valence-electron chi connectivity index (χ4n) is 1.37. The highest BCUT2D eigenvalue weighted by molar-refractivity contribution is 7.91. The number of thiazole rings is 1. The summed E-state index contributed by atoms with van der Waals surface area (Å²) in [6.45, 7) is 1.77. The van der Waals surface area contributed by atoms with Crippen molar-refractivity contribution in [3.63, 3.8) is 0 Å². The van der Waals surface area contributed by atoms with Crippen LogP contribution in [0.2, 0.25) is 0 Å². The first kappa shape index (κ1) is 15.5. The van der Waals surface area contributed by atoms with Crippen LogP contribution in [0.4, 0.5) is 0 Å². The van der Waals surface area contributed by atoms with Crippen molar-refractivity contribution in [1.82, 2.24) is 19.7 Å². The van der Waals surface area contributed by atoms with E-state index in [9.17, 15) is 13.2 Å². The summed E-state index contributed by atoms with van der Waals surface area (Å²) in [6.07, 6.45) is 4.22. The number of aromatic nitrogens is 3. The highest BCUT2D eigenvalue weighted by Gasteiger charge is 2.17. The molecule has 0 spiro atoms. The highest BCUT2D eigenvalue weighted by Crippen LogP contribution is 2.18. The molecular weight excluding hydrogens is 316 g/mol. The molecule has 112 valence electrons. The van der Waals surface area contributed by atoms with E-state index in [2.05, 4.69) is 19.7 Å². The number of carboxylic acids is 1. The summed E-state index contributed by atoms with van der Waals surface area (Å²) >= 11 is 1.10. The predicted molar refractivity (Wildman–Crippen MR) is 74.5 cm³/mol. The van der Waals surface area contributed by atoms with Gasteiger partial charge >= 0.3 is 5.97 Å². The van der Waals surface area contributed by atoms with Crippen LogP contribution < -0.4 is 4.72 Å². The number of aryl methyl sites for hydroxylation is 1. The zero-order valence-corrected chi connectivity index (χ0v) is 12.6. The molecule has 0 aliphatic rings. The zero-order chi connectivity index (χ0) is 15.5. The normalized spacial score (nSPS) is 11.5. The van der Waals surface area contributed by atoms with Gasteiger partial charge in [-0.25, -0.2) is 32.9 Å². The molecule has 0 radical (unpaired) electrons. The molecule has 0 aliphatic carbocycles. The highest BCUT2D eigenvalue weighted by atomic mass is 32.2. The SMILES string of the molecule is CCc1ncc(S(=O)(=O)NCc2ncc(C(=O)O)cn2)s1. The van der Waals surface area contributed by atoms with Crippen LogP contribution in [0, 0.1) is 0 Å². The maximum Gasteiger partial charge on any atom is 0.338 e. The average Bonchev–Trinajstić information content (AvgIpc) is 2.95. The Morgan fingerprint density at radius 1 is 1.29 bits per heavy atom. The fourth-order valence-corrected chi connectivity index (χ4v) is 3.51. The Kier molecular flexibility index (Phi) is 4.60.